The number of benzene rings is 1. The van der Waals surface area contributed by atoms with Crippen molar-refractivity contribution in [3.05, 3.63) is 65.9 Å². The van der Waals surface area contributed by atoms with Crippen LogP contribution in [0.4, 0.5) is 0 Å². The fourth-order valence-corrected chi connectivity index (χ4v) is 4.19. The van der Waals surface area contributed by atoms with E-state index in [0.29, 0.717) is 5.82 Å². The van der Waals surface area contributed by atoms with Gasteiger partial charge in [0, 0.05) is 5.39 Å². The number of amides is 1. The molecule has 0 fully saturated rings. The number of rotatable bonds is 6. The molecule has 1 N–H and O–H groups in total. The predicted octanol–water partition coefficient (Wildman–Crippen LogP) is 4.92. The van der Waals surface area contributed by atoms with Crippen LogP contribution in [-0.4, -0.2) is 21.6 Å². The first-order valence-electron chi connectivity index (χ1n) is 8.47. The molecule has 4 rings (SSSR count). The first-order chi connectivity index (χ1) is 13.2. The van der Waals surface area contributed by atoms with Crippen molar-refractivity contribution in [2.45, 2.75) is 18.0 Å². The van der Waals surface area contributed by atoms with E-state index in [4.69, 9.17) is 9.40 Å². The standard InChI is InChI=1S/C20H17N3O2S2/c1-13(16-8-4-10-25-16)21-18(24)12-27-20-14-6-2-3-7-15(14)22-19(23-20)17-9-5-11-26-17/h2-11,13H,12H2,1H3,(H,21,24). The summed E-state index contributed by atoms with van der Waals surface area (Å²) < 4.78 is 5.33. The van der Waals surface area contributed by atoms with Gasteiger partial charge in [0.1, 0.15) is 10.8 Å². The number of thioether (sulfide) groups is 1. The molecule has 0 aliphatic carbocycles. The maximum Gasteiger partial charge on any atom is 0.230 e. The Morgan fingerprint density at radius 2 is 2.07 bits per heavy atom. The van der Waals surface area contributed by atoms with Crippen LogP contribution in [0, 0.1) is 0 Å². The minimum Gasteiger partial charge on any atom is -0.467 e. The normalized spacial score (nSPS) is 12.2. The largest absolute Gasteiger partial charge is 0.467 e. The van der Waals surface area contributed by atoms with Gasteiger partial charge in [-0.2, -0.15) is 0 Å². The van der Waals surface area contributed by atoms with Crippen LogP contribution in [0.2, 0.25) is 0 Å². The van der Waals surface area contributed by atoms with Crippen LogP contribution < -0.4 is 5.32 Å². The van der Waals surface area contributed by atoms with E-state index < -0.39 is 0 Å². The summed E-state index contributed by atoms with van der Waals surface area (Å²) in [5.74, 6) is 1.64. The van der Waals surface area contributed by atoms with Crippen LogP contribution in [-0.2, 0) is 4.79 Å². The number of carbonyl (C=O) groups is 1. The predicted molar refractivity (Wildman–Crippen MR) is 109 cm³/mol. The quantitative estimate of drug-likeness (QED) is 0.371. The van der Waals surface area contributed by atoms with Gasteiger partial charge in [0.05, 0.1) is 28.5 Å². The number of thiophene rings is 1. The number of furan rings is 1. The Balaban J connectivity index is 1.53. The van der Waals surface area contributed by atoms with Crippen LogP contribution in [0.5, 0.6) is 0 Å². The highest BCUT2D eigenvalue weighted by molar-refractivity contribution is 8.00. The number of para-hydroxylation sites is 1. The zero-order valence-electron chi connectivity index (χ0n) is 14.6. The molecule has 5 nitrogen and oxygen atoms in total. The molecule has 7 heteroatoms. The highest BCUT2D eigenvalue weighted by Gasteiger charge is 2.15. The first-order valence-corrected chi connectivity index (χ1v) is 10.3. The summed E-state index contributed by atoms with van der Waals surface area (Å²) in [7, 11) is 0. The third kappa shape index (κ3) is 4.04. The second kappa shape index (κ2) is 7.94. The van der Waals surface area contributed by atoms with Gasteiger partial charge in [-0.3, -0.25) is 4.79 Å². The van der Waals surface area contributed by atoms with E-state index in [0.717, 1.165) is 26.6 Å². The van der Waals surface area contributed by atoms with E-state index in [2.05, 4.69) is 10.3 Å². The minimum atomic E-state index is -0.170. The zero-order chi connectivity index (χ0) is 18.6. The Labute approximate surface area is 164 Å². The summed E-state index contributed by atoms with van der Waals surface area (Å²) in [5, 5.41) is 6.72. The van der Waals surface area contributed by atoms with Crippen molar-refractivity contribution in [2.75, 3.05) is 5.75 Å². The molecule has 3 heterocycles. The second-order valence-corrected chi connectivity index (χ2v) is 7.85. The van der Waals surface area contributed by atoms with Gasteiger partial charge in [-0.05, 0) is 36.6 Å². The Morgan fingerprint density at radius 3 is 2.85 bits per heavy atom. The lowest BCUT2D eigenvalue weighted by Gasteiger charge is -2.12. The third-order valence-corrected chi connectivity index (χ3v) is 5.85. The van der Waals surface area contributed by atoms with Gasteiger partial charge < -0.3 is 9.73 Å². The summed E-state index contributed by atoms with van der Waals surface area (Å²) in [6.07, 6.45) is 1.60. The molecular weight excluding hydrogens is 378 g/mol. The molecule has 0 saturated carbocycles. The van der Waals surface area contributed by atoms with Crippen LogP contribution >= 0.6 is 23.1 Å². The molecule has 3 aromatic heterocycles. The van der Waals surface area contributed by atoms with Crippen LogP contribution in [0.25, 0.3) is 21.6 Å². The van der Waals surface area contributed by atoms with Crippen molar-refractivity contribution in [1.29, 1.82) is 0 Å². The van der Waals surface area contributed by atoms with Gasteiger partial charge in [0.15, 0.2) is 5.82 Å². The fourth-order valence-electron chi connectivity index (χ4n) is 2.70. The average molecular weight is 396 g/mol. The minimum absolute atomic E-state index is 0.0655. The van der Waals surface area contributed by atoms with Crippen molar-refractivity contribution >= 4 is 39.9 Å². The molecule has 0 bridgehead atoms. The zero-order valence-corrected chi connectivity index (χ0v) is 16.2. The molecule has 1 amide bonds. The van der Waals surface area contributed by atoms with E-state index in [1.807, 2.05) is 60.8 Å². The lowest BCUT2D eigenvalue weighted by molar-refractivity contribution is -0.119. The van der Waals surface area contributed by atoms with Gasteiger partial charge >= 0.3 is 0 Å². The molecular formula is C20H17N3O2S2. The van der Waals surface area contributed by atoms with E-state index in [9.17, 15) is 4.79 Å². The topological polar surface area (TPSA) is 68.0 Å². The number of fused-ring (bicyclic) bond motifs is 1. The molecule has 4 aromatic rings. The molecule has 1 atom stereocenters. The van der Waals surface area contributed by atoms with Gasteiger partial charge in [0.25, 0.3) is 0 Å². The van der Waals surface area contributed by atoms with Crippen molar-refractivity contribution in [2.24, 2.45) is 0 Å². The van der Waals surface area contributed by atoms with E-state index in [1.54, 1.807) is 17.6 Å². The molecule has 1 unspecified atom stereocenters. The lowest BCUT2D eigenvalue weighted by Crippen LogP contribution is -2.27. The highest BCUT2D eigenvalue weighted by Crippen LogP contribution is 2.30. The molecule has 136 valence electrons. The van der Waals surface area contributed by atoms with Crippen molar-refractivity contribution in [1.82, 2.24) is 15.3 Å². The Hall–Kier alpha value is -2.64. The molecule has 27 heavy (non-hydrogen) atoms. The number of nitrogens with one attached hydrogen (secondary N) is 1. The van der Waals surface area contributed by atoms with Gasteiger partial charge in [-0.1, -0.05) is 36.0 Å². The number of aromatic nitrogens is 2. The summed E-state index contributed by atoms with van der Waals surface area (Å²) in [4.78, 5) is 22.7. The summed E-state index contributed by atoms with van der Waals surface area (Å²) in [6.45, 7) is 1.90. The third-order valence-electron chi connectivity index (χ3n) is 4.00. The highest BCUT2D eigenvalue weighted by atomic mass is 32.2. The monoisotopic (exact) mass is 395 g/mol. The SMILES string of the molecule is CC(NC(=O)CSc1nc(-c2cccs2)nc2ccccc12)c1ccco1. The molecule has 1 aromatic carbocycles. The number of hydrogen-bond acceptors (Lipinski definition) is 6. The number of hydrogen-bond donors (Lipinski definition) is 1. The number of carbonyl (C=O) groups excluding carboxylic acids is 1. The maximum atomic E-state index is 12.4. The number of nitrogens with zero attached hydrogens (tertiary/aromatic N) is 2. The van der Waals surface area contributed by atoms with E-state index in [-0.39, 0.29) is 17.7 Å². The molecule has 0 aliphatic rings. The van der Waals surface area contributed by atoms with Crippen LogP contribution in [0.1, 0.15) is 18.7 Å². The van der Waals surface area contributed by atoms with Gasteiger partial charge in [0.2, 0.25) is 5.91 Å². The Morgan fingerprint density at radius 1 is 1.19 bits per heavy atom. The molecule has 0 aliphatic heterocycles. The fraction of sp³-hybridized carbons (Fsp3) is 0.150. The van der Waals surface area contributed by atoms with Gasteiger partial charge in [-0.25, -0.2) is 9.97 Å². The maximum absolute atomic E-state index is 12.4. The summed E-state index contributed by atoms with van der Waals surface area (Å²) >= 11 is 3.02. The lowest BCUT2D eigenvalue weighted by atomic mass is 10.2. The summed E-state index contributed by atoms with van der Waals surface area (Å²) in [6, 6.07) is 15.3. The molecule has 0 radical (unpaired) electrons. The first kappa shape index (κ1) is 17.8. The van der Waals surface area contributed by atoms with Crippen molar-refractivity contribution in [3.8, 4) is 10.7 Å². The Kier molecular flexibility index (Phi) is 5.22. The molecule has 0 spiro atoms. The van der Waals surface area contributed by atoms with E-state index in [1.165, 1.54) is 11.8 Å². The summed E-state index contributed by atoms with van der Waals surface area (Å²) in [5.41, 5.74) is 0.878. The van der Waals surface area contributed by atoms with Crippen molar-refractivity contribution in [3.63, 3.8) is 0 Å². The Bertz CT molecular complexity index is 1050. The van der Waals surface area contributed by atoms with Crippen molar-refractivity contribution < 1.29 is 9.21 Å². The second-order valence-electron chi connectivity index (χ2n) is 5.94. The molecule has 0 saturated heterocycles. The van der Waals surface area contributed by atoms with Crippen LogP contribution in [0.15, 0.2) is 69.6 Å². The van der Waals surface area contributed by atoms with Crippen LogP contribution in [0.3, 0.4) is 0 Å². The average Bonchev–Trinajstić information content (AvgIpc) is 3.39. The smallest absolute Gasteiger partial charge is 0.230 e. The van der Waals surface area contributed by atoms with Gasteiger partial charge in [-0.15, -0.1) is 11.3 Å². The van der Waals surface area contributed by atoms with E-state index >= 15 is 0 Å².